The fourth-order valence-electron chi connectivity index (χ4n) is 3.68. The molecule has 6 heteroatoms. The molecule has 0 unspecified atom stereocenters. The van der Waals surface area contributed by atoms with Gasteiger partial charge in [0.15, 0.2) is 0 Å². The minimum Gasteiger partial charge on any atom is -0.422 e. The number of carbonyl (C=O) groups is 1. The first-order chi connectivity index (χ1) is 13.6. The van der Waals surface area contributed by atoms with Gasteiger partial charge in [0.25, 0.3) is 5.91 Å². The summed E-state index contributed by atoms with van der Waals surface area (Å²) in [5, 5.41) is 0.729. The van der Waals surface area contributed by atoms with Gasteiger partial charge in [-0.15, -0.1) is 0 Å². The van der Waals surface area contributed by atoms with E-state index in [1.165, 1.54) is 11.3 Å². The molecular formula is C22H21BrN2O3. The van der Waals surface area contributed by atoms with E-state index in [0.717, 1.165) is 29.4 Å². The second-order valence-corrected chi connectivity index (χ2v) is 7.81. The number of fused-ring (bicyclic) bond motifs is 1. The number of anilines is 1. The van der Waals surface area contributed by atoms with Gasteiger partial charge in [-0.1, -0.05) is 41.1 Å². The summed E-state index contributed by atoms with van der Waals surface area (Å²) in [4.78, 5) is 29.3. The van der Waals surface area contributed by atoms with Crippen LogP contribution in [0.2, 0.25) is 0 Å². The molecule has 0 atom stereocenters. The van der Waals surface area contributed by atoms with Crippen LogP contribution in [-0.2, 0) is 6.42 Å². The molecule has 28 heavy (non-hydrogen) atoms. The van der Waals surface area contributed by atoms with Gasteiger partial charge < -0.3 is 14.2 Å². The number of aryl methyl sites for hydroxylation is 1. The Morgan fingerprint density at radius 3 is 2.57 bits per heavy atom. The van der Waals surface area contributed by atoms with E-state index in [2.05, 4.69) is 46.0 Å². The molecule has 0 N–H and O–H groups in total. The maximum atomic E-state index is 13.0. The Kier molecular flexibility index (Phi) is 5.22. The average Bonchev–Trinajstić information content (AvgIpc) is 2.73. The summed E-state index contributed by atoms with van der Waals surface area (Å²) in [6, 6.07) is 15.4. The molecule has 2 heterocycles. The van der Waals surface area contributed by atoms with Crippen molar-refractivity contribution in [2.75, 3.05) is 31.1 Å². The molecule has 5 nitrogen and oxygen atoms in total. The van der Waals surface area contributed by atoms with E-state index >= 15 is 0 Å². The molecule has 0 spiro atoms. The first-order valence-electron chi connectivity index (χ1n) is 9.42. The van der Waals surface area contributed by atoms with Crippen molar-refractivity contribution in [2.45, 2.75) is 13.3 Å². The van der Waals surface area contributed by atoms with E-state index in [0.29, 0.717) is 18.7 Å². The second-order valence-electron chi connectivity index (χ2n) is 6.89. The second kappa shape index (κ2) is 7.80. The lowest BCUT2D eigenvalue weighted by Crippen LogP contribution is -2.49. The molecule has 144 valence electrons. The van der Waals surface area contributed by atoms with Crippen LogP contribution in [0.3, 0.4) is 0 Å². The summed E-state index contributed by atoms with van der Waals surface area (Å²) in [6.07, 6.45) is 0.975. The number of amides is 1. The first-order valence-corrected chi connectivity index (χ1v) is 10.2. The molecule has 1 saturated heterocycles. The summed E-state index contributed by atoms with van der Waals surface area (Å²) in [6.45, 7) is 4.79. The van der Waals surface area contributed by atoms with Gasteiger partial charge in [0.2, 0.25) is 0 Å². The SMILES string of the molecule is CCc1ccccc1N1CCN(C(=O)c2cc3cc(Br)ccc3oc2=O)CC1. The lowest BCUT2D eigenvalue weighted by Gasteiger charge is -2.36. The molecule has 3 aromatic rings. The molecule has 1 fully saturated rings. The Bertz CT molecular complexity index is 1080. The van der Waals surface area contributed by atoms with Crippen molar-refractivity contribution in [1.29, 1.82) is 0 Å². The summed E-state index contributed by atoms with van der Waals surface area (Å²) in [7, 11) is 0. The van der Waals surface area contributed by atoms with Gasteiger partial charge >= 0.3 is 5.63 Å². The van der Waals surface area contributed by atoms with Gasteiger partial charge in [0.05, 0.1) is 0 Å². The normalized spacial score (nSPS) is 14.5. The number of piperazine rings is 1. The van der Waals surface area contributed by atoms with Crippen molar-refractivity contribution in [3.05, 3.63) is 74.6 Å². The van der Waals surface area contributed by atoms with Crippen molar-refractivity contribution in [2.24, 2.45) is 0 Å². The topological polar surface area (TPSA) is 53.8 Å². The standard InChI is InChI=1S/C22H21BrN2O3/c1-2-15-5-3-4-6-19(15)24-9-11-25(12-10-24)21(26)18-14-16-13-17(23)7-8-20(16)28-22(18)27/h3-8,13-14H,2,9-12H2,1H3. The molecule has 4 rings (SSSR count). The molecule has 0 radical (unpaired) electrons. The largest absolute Gasteiger partial charge is 0.422 e. The number of halogens is 1. The van der Waals surface area contributed by atoms with Gasteiger partial charge in [-0.25, -0.2) is 4.79 Å². The third kappa shape index (κ3) is 3.56. The van der Waals surface area contributed by atoms with Crippen LogP contribution >= 0.6 is 15.9 Å². The van der Waals surface area contributed by atoms with Crippen LogP contribution < -0.4 is 10.5 Å². The Hall–Kier alpha value is -2.60. The molecule has 1 amide bonds. The van der Waals surface area contributed by atoms with Gasteiger partial charge in [0.1, 0.15) is 11.1 Å². The predicted molar refractivity (Wildman–Crippen MR) is 114 cm³/mol. The minimum absolute atomic E-state index is 0.0907. The summed E-state index contributed by atoms with van der Waals surface area (Å²) >= 11 is 3.41. The van der Waals surface area contributed by atoms with Crippen LogP contribution in [0.15, 0.2) is 62.2 Å². The number of rotatable bonds is 3. The lowest BCUT2D eigenvalue weighted by molar-refractivity contribution is 0.0742. The van der Waals surface area contributed by atoms with Gasteiger partial charge in [-0.05, 0) is 42.3 Å². The van der Waals surface area contributed by atoms with E-state index in [4.69, 9.17) is 4.42 Å². The molecule has 0 aliphatic carbocycles. The third-order valence-corrected chi connectivity index (χ3v) is 5.70. The Morgan fingerprint density at radius 2 is 1.82 bits per heavy atom. The molecule has 1 aromatic heterocycles. The number of para-hydroxylation sites is 1. The summed E-state index contributed by atoms with van der Waals surface area (Å²) in [5.74, 6) is -0.265. The van der Waals surface area contributed by atoms with Gasteiger partial charge in [0, 0.05) is 41.7 Å². The van der Waals surface area contributed by atoms with E-state index in [-0.39, 0.29) is 11.5 Å². The van der Waals surface area contributed by atoms with E-state index in [1.54, 1.807) is 23.1 Å². The Balaban J connectivity index is 1.53. The van der Waals surface area contributed by atoms with Crippen LogP contribution in [0.4, 0.5) is 5.69 Å². The van der Waals surface area contributed by atoms with E-state index < -0.39 is 5.63 Å². The highest BCUT2D eigenvalue weighted by atomic mass is 79.9. The average molecular weight is 441 g/mol. The fourth-order valence-corrected chi connectivity index (χ4v) is 4.06. The highest BCUT2D eigenvalue weighted by molar-refractivity contribution is 9.10. The van der Waals surface area contributed by atoms with Crippen molar-refractivity contribution in [3.63, 3.8) is 0 Å². The number of nitrogens with zero attached hydrogens (tertiary/aromatic N) is 2. The van der Waals surface area contributed by atoms with Crippen LogP contribution in [0.5, 0.6) is 0 Å². The zero-order valence-corrected chi connectivity index (χ0v) is 17.2. The fraction of sp³-hybridized carbons (Fsp3) is 0.273. The summed E-state index contributed by atoms with van der Waals surface area (Å²) < 4.78 is 6.22. The molecular weight excluding hydrogens is 420 g/mol. The van der Waals surface area contributed by atoms with E-state index in [9.17, 15) is 9.59 Å². The zero-order valence-electron chi connectivity index (χ0n) is 15.7. The smallest absolute Gasteiger partial charge is 0.349 e. The molecule has 0 saturated carbocycles. The molecule has 1 aliphatic heterocycles. The maximum Gasteiger partial charge on any atom is 0.349 e. The minimum atomic E-state index is -0.585. The highest BCUT2D eigenvalue weighted by Crippen LogP contribution is 2.23. The van der Waals surface area contributed by atoms with Crippen molar-refractivity contribution < 1.29 is 9.21 Å². The number of benzene rings is 2. The molecule has 2 aromatic carbocycles. The number of hydrogen-bond acceptors (Lipinski definition) is 4. The summed E-state index contributed by atoms with van der Waals surface area (Å²) in [5.41, 5.74) is 2.52. The van der Waals surface area contributed by atoms with E-state index in [1.807, 2.05) is 12.1 Å². The Labute approximate surface area is 171 Å². The van der Waals surface area contributed by atoms with Crippen molar-refractivity contribution in [1.82, 2.24) is 4.90 Å². The van der Waals surface area contributed by atoms with Crippen LogP contribution in [0.1, 0.15) is 22.8 Å². The zero-order chi connectivity index (χ0) is 19.7. The van der Waals surface area contributed by atoms with Gasteiger partial charge in [-0.2, -0.15) is 0 Å². The third-order valence-electron chi connectivity index (χ3n) is 5.20. The maximum absolute atomic E-state index is 13.0. The van der Waals surface area contributed by atoms with Crippen LogP contribution in [-0.4, -0.2) is 37.0 Å². The van der Waals surface area contributed by atoms with Crippen molar-refractivity contribution >= 4 is 38.5 Å². The predicted octanol–water partition coefficient (Wildman–Crippen LogP) is 4.08. The van der Waals surface area contributed by atoms with Crippen molar-refractivity contribution in [3.8, 4) is 0 Å². The van der Waals surface area contributed by atoms with Crippen LogP contribution in [0, 0.1) is 0 Å². The first kappa shape index (κ1) is 18.7. The quantitative estimate of drug-likeness (QED) is 0.575. The van der Waals surface area contributed by atoms with Gasteiger partial charge in [-0.3, -0.25) is 4.79 Å². The molecule has 0 bridgehead atoms. The van der Waals surface area contributed by atoms with Crippen LogP contribution in [0.25, 0.3) is 11.0 Å². The lowest BCUT2D eigenvalue weighted by atomic mass is 10.1. The molecule has 1 aliphatic rings. The monoisotopic (exact) mass is 440 g/mol. The number of hydrogen-bond donors (Lipinski definition) is 0. The Morgan fingerprint density at radius 1 is 1.07 bits per heavy atom. The highest BCUT2D eigenvalue weighted by Gasteiger charge is 2.25. The number of carbonyl (C=O) groups excluding carboxylic acids is 1.